The van der Waals surface area contributed by atoms with Gasteiger partial charge in [0.1, 0.15) is 5.82 Å². The van der Waals surface area contributed by atoms with Gasteiger partial charge in [-0.2, -0.15) is 0 Å². The van der Waals surface area contributed by atoms with E-state index < -0.39 is 5.82 Å². The third-order valence-electron chi connectivity index (χ3n) is 2.53. The topological polar surface area (TPSA) is 29.1 Å². The molecule has 0 heterocycles. The Balaban J connectivity index is 2.62. The van der Waals surface area contributed by atoms with Gasteiger partial charge in [-0.3, -0.25) is 4.79 Å². The minimum absolute atomic E-state index is 0.0143. The molecule has 0 radical (unpaired) electrons. The van der Waals surface area contributed by atoms with Gasteiger partial charge in [0.2, 0.25) is 5.91 Å². The molecular weight excluding hydrogens is 241 g/mol. The number of hydrogen-bond donors (Lipinski definition) is 1. The third kappa shape index (κ3) is 4.35. The van der Waals surface area contributed by atoms with Crippen molar-refractivity contribution in [3.8, 4) is 0 Å². The van der Waals surface area contributed by atoms with E-state index in [2.05, 4.69) is 12.2 Å². The first-order chi connectivity index (χ1) is 8.04. The lowest BCUT2D eigenvalue weighted by Gasteiger charge is -2.13. The van der Waals surface area contributed by atoms with Crippen LogP contribution in [0.2, 0.25) is 5.02 Å². The van der Waals surface area contributed by atoms with E-state index in [-0.39, 0.29) is 23.9 Å². The Morgan fingerprint density at radius 1 is 1.53 bits per heavy atom. The predicted octanol–water partition coefficient (Wildman–Crippen LogP) is 3.33. The second kappa shape index (κ2) is 6.60. The molecule has 0 saturated carbocycles. The standard InChI is InChI=1S/C13H17ClFNO/c1-3-5-9(2)16-13(17)8-10-11(14)6-4-7-12(10)15/h4,6-7,9H,3,5,8H2,1-2H3,(H,16,17)/t9-/m1/s1. The number of amides is 1. The summed E-state index contributed by atoms with van der Waals surface area (Å²) in [5.74, 6) is -0.631. The monoisotopic (exact) mass is 257 g/mol. The highest BCUT2D eigenvalue weighted by Crippen LogP contribution is 2.19. The average molecular weight is 258 g/mol. The van der Waals surface area contributed by atoms with Crippen LogP contribution in [0, 0.1) is 5.82 Å². The molecule has 0 bridgehead atoms. The first-order valence-corrected chi connectivity index (χ1v) is 6.14. The Hall–Kier alpha value is -1.09. The summed E-state index contributed by atoms with van der Waals surface area (Å²) in [6.07, 6.45) is 1.90. The molecule has 0 spiro atoms. The molecular formula is C13H17ClFNO. The van der Waals surface area contributed by atoms with Gasteiger partial charge < -0.3 is 5.32 Å². The van der Waals surface area contributed by atoms with Crippen LogP contribution in [-0.2, 0) is 11.2 Å². The van der Waals surface area contributed by atoms with Crippen LogP contribution < -0.4 is 5.32 Å². The van der Waals surface area contributed by atoms with Crippen LogP contribution in [0.4, 0.5) is 4.39 Å². The molecule has 1 rings (SSSR count). The summed E-state index contributed by atoms with van der Waals surface area (Å²) in [6.45, 7) is 3.99. The maximum atomic E-state index is 13.4. The van der Waals surface area contributed by atoms with Gasteiger partial charge >= 0.3 is 0 Å². The van der Waals surface area contributed by atoms with Crippen molar-refractivity contribution in [1.29, 1.82) is 0 Å². The second-order valence-corrected chi connectivity index (χ2v) is 4.54. The lowest BCUT2D eigenvalue weighted by molar-refractivity contribution is -0.121. The van der Waals surface area contributed by atoms with Gasteiger partial charge in [0.15, 0.2) is 0 Å². The van der Waals surface area contributed by atoms with Crippen molar-refractivity contribution in [3.63, 3.8) is 0 Å². The predicted molar refractivity (Wildman–Crippen MR) is 67.6 cm³/mol. The smallest absolute Gasteiger partial charge is 0.224 e. The Bertz CT molecular complexity index is 375. The summed E-state index contributed by atoms with van der Waals surface area (Å²) < 4.78 is 13.4. The maximum absolute atomic E-state index is 13.4. The zero-order valence-electron chi connectivity index (χ0n) is 10.1. The van der Waals surface area contributed by atoms with Crippen molar-refractivity contribution in [3.05, 3.63) is 34.6 Å². The molecule has 0 aliphatic carbocycles. The molecule has 2 nitrogen and oxygen atoms in total. The van der Waals surface area contributed by atoms with Crippen LogP contribution in [0.5, 0.6) is 0 Å². The quantitative estimate of drug-likeness (QED) is 0.861. The van der Waals surface area contributed by atoms with E-state index in [0.717, 1.165) is 12.8 Å². The molecule has 1 amide bonds. The molecule has 94 valence electrons. The van der Waals surface area contributed by atoms with E-state index in [4.69, 9.17) is 11.6 Å². The van der Waals surface area contributed by atoms with Crippen molar-refractivity contribution in [2.45, 2.75) is 39.2 Å². The maximum Gasteiger partial charge on any atom is 0.224 e. The lowest BCUT2D eigenvalue weighted by Crippen LogP contribution is -2.33. The van der Waals surface area contributed by atoms with Crippen molar-refractivity contribution in [2.24, 2.45) is 0 Å². The molecule has 1 aromatic carbocycles. The van der Waals surface area contributed by atoms with E-state index in [1.807, 2.05) is 6.92 Å². The molecule has 0 unspecified atom stereocenters. The lowest BCUT2D eigenvalue weighted by atomic mass is 10.1. The minimum atomic E-state index is -0.434. The van der Waals surface area contributed by atoms with Gasteiger partial charge in [-0.25, -0.2) is 4.39 Å². The van der Waals surface area contributed by atoms with E-state index in [9.17, 15) is 9.18 Å². The summed E-state index contributed by atoms with van der Waals surface area (Å²) in [5.41, 5.74) is 0.260. The number of carbonyl (C=O) groups excluding carboxylic acids is 1. The third-order valence-corrected chi connectivity index (χ3v) is 2.88. The highest BCUT2D eigenvalue weighted by atomic mass is 35.5. The van der Waals surface area contributed by atoms with Gasteiger partial charge in [-0.05, 0) is 25.5 Å². The van der Waals surface area contributed by atoms with E-state index >= 15 is 0 Å². The first kappa shape index (κ1) is 14.0. The number of rotatable bonds is 5. The summed E-state index contributed by atoms with van der Waals surface area (Å²) in [4.78, 5) is 11.7. The van der Waals surface area contributed by atoms with Crippen molar-refractivity contribution >= 4 is 17.5 Å². The minimum Gasteiger partial charge on any atom is -0.353 e. The van der Waals surface area contributed by atoms with Crippen LogP contribution in [0.1, 0.15) is 32.3 Å². The van der Waals surface area contributed by atoms with Crippen molar-refractivity contribution in [1.82, 2.24) is 5.32 Å². The van der Waals surface area contributed by atoms with Crippen LogP contribution in [0.3, 0.4) is 0 Å². The highest BCUT2D eigenvalue weighted by molar-refractivity contribution is 6.31. The van der Waals surface area contributed by atoms with Crippen molar-refractivity contribution < 1.29 is 9.18 Å². The van der Waals surface area contributed by atoms with E-state index in [1.165, 1.54) is 12.1 Å². The average Bonchev–Trinajstić information content (AvgIpc) is 2.24. The second-order valence-electron chi connectivity index (χ2n) is 4.13. The highest BCUT2D eigenvalue weighted by Gasteiger charge is 2.13. The van der Waals surface area contributed by atoms with Crippen molar-refractivity contribution in [2.75, 3.05) is 0 Å². The Labute approximate surface area is 106 Å². The Kier molecular flexibility index (Phi) is 5.42. The first-order valence-electron chi connectivity index (χ1n) is 5.76. The normalized spacial score (nSPS) is 12.2. The number of carbonyl (C=O) groups is 1. The molecule has 17 heavy (non-hydrogen) atoms. The fraction of sp³-hybridized carbons (Fsp3) is 0.462. The van der Waals surface area contributed by atoms with Gasteiger partial charge in [-0.1, -0.05) is 31.0 Å². The number of hydrogen-bond acceptors (Lipinski definition) is 1. The molecule has 0 saturated heterocycles. The zero-order valence-corrected chi connectivity index (χ0v) is 10.9. The van der Waals surface area contributed by atoms with Crippen LogP contribution in [0.15, 0.2) is 18.2 Å². The summed E-state index contributed by atoms with van der Waals surface area (Å²) in [5, 5.41) is 3.11. The summed E-state index contributed by atoms with van der Waals surface area (Å²) in [6, 6.07) is 4.53. The van der Waals surface area contributed by atoms with Gasteiger partial charge in [0, 0.05) is 16.6 Å². The Morgan fingerprint density at radius 2 is 2.24 bits per heavy atom. The molecule has 0 aromatic heterocycles. The molecule has 0 aliphatic rings. The van der Waals surface area contributed by atoms with Gasteiger partial charge in [-0.15, -0.1) is 0 Å². The molecule has 1 atom stereocenters. The molecule has 0 fully saturated rings. The number of benzene rings is 1. The largest absolute Gasteiger partial charge is 0.353 e. The fourth-order valence-corrected chi connectivity index (χ4v) is 1.92. The molecule has 4 heteroatoms. The summed E-state index contributed by atoms with van der Waals surface area (Å²) >= 11 is 5.85. The van der Waals surface area contributed by atoms with Gasteiger partial charge in [0.25, 0.3) is 0 Å². The molecule has 1 aromatic rings. The number of halogens is 2. The van der Waals surface area contributed by atoms with Crippen LogP contribution >= 0.6 is 11.6 Å². The van der Waals surface area contributed by atoms with E-state index in [1.54, 1.807) is 6.07 Å². The fourth-order valence-electron chi connectivity index (χ4n) is 1.69. The zero-order chi connectivity index (χ0) is 12.8. The molecule has 1 N–H and O–H groups in total. The van der Waals surface area contributed by atoms with E-state index in [0.29, 0.717) is 5.02 Å². The van der Waals surface area contributed by atoms with Crippen LogP contribution in [0.25, 0.3) is 0 Å². The SMILES string of the molecule is CCC[C@@H](C)NC(=O)Cc1c(F)cccc1Cl. The molecule has 0 aliphatic heterocycles. The Morgan fingerprint density at radius 3 is 2.82 bits per heavy atom. The summed E-state index contributed by atoms with van der Waals surface area (Å²) in [7, 11) is 0. The number of nitrogens with one attached hydrogen (secondary N) is 1. The van der Waals surface area contributed by atoms with Gasteiger partial charge in [0.05, 0.1) is 6.42 Å². The van der Waals surface area contributed by atoms with Crippen LogP contribution in [-0.4, -0.2) is 11.9 Å².